The summed E-state index contributed by atoms with van der Waals surface area (Å²) in [5, 5.41) is 0. The van der Waals surface area contributed by atoms with E-state index >= 15 is 0 Å². The molecule has 4 heteroatoms. The van der Waals surface area contributed by atoms with Gasteiger partial charge in [0.15, 0.2) is 5.96 Å². The lowest BCUT2D eigenvalue weighted by Gasteiger charge is -2.00. The van der Waals surface area contributed by atoms with Crippen molar-refractivity contribution in [2.24, 2.45) is 16.5 Å². The molecule has 0 amide bonds. The smallest absolute Gasteiger partial charge is 0.191 e. The standard InChI is InChI=1S/C11H15N3S/c12-11(13)14-10(15)8-4-7-9-5-2-1-3-6-9/h1-3,5-6H,4,7-8H2,(H4,12,13,14,15). The third kappa shape index (κ3) is 5.12. The first-order valence-corrected chi connectivity index (χ1v) is 5.25. The first kappa shape index (κ1) is 11.7. The van der Waals surface area contributed by atoms with Gasteiger partial charge in [0.25, 0.3) is 0 Å². The third-order valence-electron chi connectivity index (χ3n) is 1.95. The van der Waals surface area contributed by atoms with Gasteiger partial charge in [0, 0.05) is 6.42 Å². The van der Waals surface area contributed by atoms with Crippen LogP contribution in [0.15, 0.2) is 35.3 Å². The second-order valence-electron chi connectivity index (χ2n) is 3.27. The Morgan fingerprint density at radius 3 is 2.47 bits per heavy atom. The number of rotatable bonds is 4. The quantitative estimate of drug-likeness (QED) is 0.461. The SMILES string of the molecule is NC(N)=NC(=S)CCCc1ccccc1. The van der Waals surface area contributed by atoms with Crippen molar-refractivity contribution in [3.63, 3.8) is 0 Å². The van der Waals surface area contributed by atoms with E-state index in [2.05, 4.69) is 17.1 Å². The van der Waals surface area contributed by atoms with Crippen molar-refractivity contribution in [2.75, 3.05) is 0 Å². The fourth-order valence-corrected chi connectivity index (χ4v) is 1.54. The lowest BCUT2D eigenvalue weighted by atomic mass is 10.1. The molecule has 0 spiro atoms. The van der Waals surface area contributed by atoms with E-state index in [1.165, 1.54) is 5.56 Å². The molecule has 0 heterocycles. The van der Waals surface area contributed by atoms with Gasteiger partial charge in [-0.15, -0.1) is 0 Å². The van der Waals surface area contributed by atoms with Gasteiger partial charge in [-0.3, -0.25) is 0 Å². The molecule has 80 valence electrons. The summed E-state index contributed by atoms with van der Waals surface area (Å²) >= 11 is 5.00. The Morgan fingerprint density at radius 2 is 1.87 bits per heavy atom. The maximum absolute atomic E-state index is 5.22. The molecule has 4 N–H and O–H groups in total. The number of guanidine groups is 1. The lowest BCUT2D eigenvalue weighted by Crippen LogP contribution is -2.23. The summed E-state index contributed by atoms with van der Waals surface area (Å²) in [6, 6.07) is 10.3. The number of nitrogens with zero attached hydrogens (tertiary/aromatic N) is 1. The number of nitrogens with two attached hydrogens (primary N) is 2. The topological polar surface area (TPSA) is 64.4 Å². The summed E-state index contributed by atoms with van der Waals surface area (Å²) < 4.78 is 0. The zero-order chi connectivity index (χ0) is 11.1. The van der Waals surface area contributed by atoms with Crippen LogP contribution in [0.5, 0.6) is 0 Å². The molecule has 0 aromatic heterocycles. The molecule has 0 radical (unpaired) electrons. The molecule has 0 saturated heterocycles. The predicted octanol–water partition coefficient (Wildman–Crippen LogP) is 1.61. The Balaban J connectivity index is 2.28. The van der Waals surface area contributed by atoms with Gasteiger partial charge in [-0.05, 0) is 18.4 Å². The fourth-order valence-electron chi connectivity index (χ4n) is 1.29. The van der Waals surface area contributed by atoms with Gasteiger partial charge in [0.2, 0.25) is 0 Å². The summed E-state index contributed by atoms with van der Waals surface area (Å²) in [5.41, 5.74) is 11.7. The first-order chi connectivity index (χ1) is 7.18. The van der Waals surface area contributed by atoms with E-state index in [-0.39, 0.29) is 5.96 Å². The van der Waals surface area contributed by atoms with E-state index in [0.29, 0.717) is 4.99 Å². The van der Waals surface area contributed by atoms with E-state index in [1.807, 2.05) is 18.2 Å². The van der Waals surface area contributed by atoms with Crippen LogP contribution in [0.4, 0.5) is 0 Å². The largest absolute Gasteiger partial charge is 0.370 e. The second kappa shape index (κ2) is 6.14. The third-order valence-corrected chi connectivity index (χ3v) is 2.25. The van der Waals surface area contributed by atoms with Gasteiger partial charge >= 0.3 is 0 Å². The fraction of sp³-hybridized carbons (Fsp3) is 0.273. The van der Waals surface area contributed by atoms with E-state index in [0.717, 1.165) is 19.3 Å². The minimum Gasteiger partial charge on any atom is -0.370 e. The summed E-state index contributed by atoms with van der Waals surface area (Å²) in [6.45, 7) is 0. The van der Waals surface area contributed by atoms with Crippen molar-refractivity contribution in [3.05, 3.63) is 35.9 Å². The molecule has 1 aromatic rings. The van der Waals surface area contributed by atoms with Gasteiger partial charge < -0.3 is 11.5 Å². The Labute approximate surface area is 95.2 Å². The van der Waals surface area contributed by atoms with Crippen molar-refractivity contribution >= 4 is 23.2 Å². The monoisotopic (exact) mass is 221 g/mol. The number of hydrogen-bond donors (Lipinski definition) is 2. The minimum atomic E-state index is 0.0414. The van der Waals surface area contributed by atoms with Crippen LogP contribution in [0, 0.1) is 0 Å². The first-order valence-electron chi connectivity index (χ1n) is 4.85. The van der Waals surface area contributed by atoms with Crippen LogP contribution in [0.25, 0.3) is 0 Å². The Hall–Kier alpha value is -1.42. The highest BCUT2D eigenvalue weighted by Gasteiger charge is 1.96. The molecule has 0 saturated carbocycles. The summed E-state index contributed by atoms with van der Waals surface area (Å²) in [4.78, 5) is 4.39. The van der Waals surface area contributed by atoms with Crippen molar-refractivity contribution in [1.29, 1.82) is 0 Å². The van der Waals surface area contributed by atoms with Crippen LogP contribution in [0.3, 0.4) is 0 Å². The van der Waals surface area contributed by atoms with E-state index in [4.69, 9.17) is 23.7 Å². The number of aliphatic imine (C=N–C) groups is 1. The number of aryl methyl sites for hydroxylation is 1. The molecule has 3 nitrogen and oxygen atoms in total. The molecular weight excluding hydrogens is 206 g/mol. The van der Waals surface area contributed by atoms with Gasteiger partial charge in [-0.1, -0.05) is 42.5 Å². The van der Waals surface area contributed by atoms with E-state index in [1.54, 1.807) is 0 Å². The van der Waals surface area contributed by atoms with Gasteiger partial charge in [0.1, 0.15) is 4.99 Å². The molecule has 15 heavy (non-hydrogen) atoms. The molecule has 0 atom stereocenters. The number of hydrogen-bond acceptors (Lipinski definition) is 1. The van der Waals surface area contributed by atoms with E-state index in [9.17, 15) is 0 Å². The zero-order valence-corrected chi connectivity index (χ0v) is 9.33. The van der Waals surface area contributed by atoms with Gasteiger partial charge in [-0.2, -0.15) is 0 Å². The van der Waals surface area contributed by atoms with Crippen LogP contribution < -0.4 is 11.5 Å². The van der Waals surface area contributed by atoms with Crippen LogP contribution >= 0.6 is 12.2 Å². The molecule has 1 aromatic carbocycles. The zero-order valence-electron chi connectivity index (χ0n) is 8.52. The van der Waals surface area contributed by atoms with E-state index < -0.39 is 0 Å². The Kier molecular flexibility index (Phi) is 4.77. The van der Waals surface area contributed by atoms with Crippen LogP contribution in [0.2, 0.25) is 0 Å². The molecule has 0 aliphatic heterocycles. The van der Waals surface area contributed by atoms with Crippen LogP contribution in [-0.2, 0) is 6.42 Å². The highest BCUT2D eigenvalue weighted by molar-refractivity contribution is 7.80. The highest BCUT2D eigenvalue weighted by Crippen LogP contribution is 2.05. The number of thiocarbonyl (C=S) groups is 1. The predicted molar refractivity (Wildman–Crippen MR) is 67.8 cm³/mol. The number of benzene rings is 1. The maximum atomic E-state index is 5.22. The lowest BCUT2D eigenvalue weighted by molar-refractivity contribution is 0.868. The second-order valence-corrected chi connectivity index (χ2v) is 3.74. The van der Waals surface area contributed by atoms with Crippen molar-refractivity contribution in [3.8, 4) is 0 Å². The summed E-state index contributed by atoms with van der Waals surface area (Å²) in [5.74, 6) is 0.0414. The van der Waals surface area contributed by atoms with Crippen LogP contribution in [-0.4, -0.2) is 10.9 Å². The Morgan fingerprint density at radius 1 is 1.20 bits per heavy atom. The minimum absolute atomic E-state index is 0.0414. The average Bonchev–Trinajstić information content (AvgIpc) is 2.18. The summed E-state index contributed by atoms with van der Waals surface area (Å²) in [7, 11) is 0. The highest BCUT2D eigenvalue weighted by atomic mass is 32.1. The maximum Gasteiger partial charge on any atom is 0.191 e. The van der Waals surface area contributed by atoms with Crippen molar-refractivity contribution in [2.45, 2.75) is 19.3 Å². The van der Waals surface area contributed by atoms with Crippen molar-refractivity contribution in [1.82, 2.24) is 0 Å². The molecule has 1 rings (SSSR count). The van der Waals surface area contributed by atoms with Crippen molar-refractivity contribution < 1.29 is 0 Å². The van der Waals surface area contributed by atoms with Gasteiger partial charge in [0.05, 0.1) is 0 Å². The molecular formula is C11H15N3S. The summed E-state index contributed by atoms with van der Waals surface area (Å²) in [6.07, 6.45) is 2.72. The normalized spacial score (nSPS) is 9.60. The average molecular weight is 221 g/mol. The molecule has 0 aliphatic rings. The molecule has 0 fully saturated rings. The van der Waals surface area contributed by atoms with Gasteiger partial charge in [-0.25, -0.2) is 4.99 Å². The molecule has 0 aliphatic carbocycles. The molecule has 0 unspecified atom stereocenters. The molecule has 0 bridgehead atoms. The van der Waals surface area contributed by atoms with Crippen LogP contribution in [0.1, 0.15) is 18.4 Å². The Bertz CT molecular complexity index is 342.